The Morgan fingerprint density at radius 2 is 1.88 bits per heavy atom. The van der Waals surface area contributed by atoms with Gasteiger partial charge in [0.2, 0.25) is 5.95 Å². The van der Waals surface area contributed by atoms with Crippen LogP contribution in [0.4, 0.5) is 17.5 Å². The van der Waals surface area contributed by atoms with Crippen LogP contribution >= 0.6 is 24.0 Å². The molecule has 176 valence electrons. The van der Waals surface area contributed by atoms with E-state index in [2.05, 4.69) is 36.1 Å². The van der Waals surface area contributed by atoms with Crippen LogP contribution in [-0.2, 0) is 0 Å². The van der Waals surface area contributed by atoms with Crippen LogP contribution in [0.2, 0.25) is 0 Å². The van der Waals surface area contributed by atoms with Gasteiger partial charge in [0.25, 0.3) is 5.91 Å². The summed E-state index contributed by atoms with van der Waals surface area (Å²) in [6.45, 7) is 3.96. The van der Waals surface area contributed by atoms with E-state index in [1.165, 1.54) is 12.8 Å². The fraction of sp³-hybridized carbons (Fsp3) is 0.478. The Hall–Kier alpha value is -2.47. The van der Waals surface area contributed by atoms with E-state index in [-0.39, 0.29) is 29.9 Å². The molecule has 2 N–H and O–H groups in total. The number of carbonyl (C=O) groups is 1. The maximum Gasteiger partial charge on any atom is 0.270 e. The van der Waals surface area contributed by atoms with Crippen LogP contribution in [0.1, 0.15) is 42.2 Å². The number of carbonyl (C=O) groups excluding carboxylic acids is 1. The largest absolute Gasteiger partial charge is 0.368 e. The summed E-state index contributed by atoms with van der Waals surface area (Å²) in [5.74, 6) is 1.18. The minimum Gasteiger partial charge on any atom is -0.368 e. The van der Waals surface area contributed by atoms with Gasteiger partial charge in [0.15, 0.2) is 0 Å². The van der Waals surface area contributed by atoms with E-state index in [1.807, 2.05) is 18.3 Å². The van der Waals surface area contributed by atoms with E-state index in [9.17, 15) is 4.79 Å². The van der Waals surface area contributed by atoms with E-state index in [1.54, 1.807) is 25.2 Å². The van der Waals surface area contributed by atoms with Crippen LogP contribution in [0.25, 0.3) is 11.0 Å². The van der Waals surface area contributed by atoms with Crippen molar-refractivity contribution >= 4 is 58.4 Å². The van der Waals surface area contributed by atoms with E-state index in [4.69, 9.17) is 4.98 Å². The van der Waals surface area contributed by atoms with Gasteiger partial charge in [-0.25, -0.2) is 9.97 Å². The van der Waals surface area contributed by atoms with Crippen LogP contribution < -0.4 is 15.5 Å². The average molecular weight is 562 g/mol. The van der Waals surface area contributed by atoms with Crippen molar-refractivity contribution in [1.29, 1.82) is 0 Å². The van der Waals surface area contributed by atoms with Crippen molar-refractivity contribution in [2.45, 2.75) is 31.7 Å². The first-order valence-electron chi connectivity index (χ1n) is 11.4. The Morgan fingerprint density at radius 3 is 2.55 bits per heavy atom. The second-order valence-electron chi connectivity index (χ2n) is 8.77. The Balaban J connectivity index is 0.00000259. The molecule has 33 heavy (non-hydrogen) atoms. The van der Waals surface area contributed by atoms with Gasteiger partial charge < -0.3 is 25.0 Å². The highest BCUT2D eigenvalue weighted by Crippen LogP contribution is 2.35. The molecule has 1 aliphatic carbocycles. The Morgan fingerprint density at radius 1 is 1.12 bits per heavy atom. The van der Waals surface area contributed by atoms with Crippen LogP contribution in [0.3, 0.4) is 0 Å². The molecule has 0 bridgehead atoms. The zero-order valence-electron chi connectivity index (χ0n) is 19.1. The minimum absolute atomic E-state index is 0. The molecule has 2 aliphatic rings. The lowest BCUT2D eigenvalue weighted by atomic mass is 10.2. The molecular formula is C23H31IN8O. The summed E-state index contributed by atoms with van der Waals surface area (Å²) < 4.78 is 2.12. The van der Waals surface area contributed by atoms with E-state index >= 15 is 0 Å². The summed E-state index contributed by atoms with van der Waals surface area (Å²) in [5.41, 5.74) is 2.61. The molecular weight excluding hydrogens is 531 g/mol. The van der Waals surface area contributed by atoms with Crippen LogP contribution in [-0.4, -0.2) is 70.6 Å². The number of pyridine rings is 1. The molecule has 2 fully saturated rings. The number of fused-ring (bicyclic) bond motifs is 1. The normalized spacial score (nSPS) is 16.6. The van der Waals surface area contributed by atoms with Gasteiger partial charge in [0, 0.05) is 57.9 Å². The van der Waals surface area contributed by atoms with Gasteiger partial charge in [-0.15, -0.1) is 24.0 Å². The first kappa shape index (κ1) is 23.7. The summed E-state index contributed by atoms with van der Waals surface area (Å²) in [7, 11) is 3.57. The molecule has 1 aliphatic heterocycles. The smallest absolute Gasteiger partial charge is 0.270 e. The van der Waals surface area contributed by atoms with Gasteiger partial charge >= 0.3 is 0 Å². The number of nitrogens with zero attached hydrogens (tertiary/aromatic N) is 6. The summed E-state index contributed by atoms with van der Waals surface area (Å²) in [6.07, 6.45) is 8.18. The van der Waals surface area contributed by atoms with Gasteiger partial charge in [-0.3, -0.25) is 4.79 Å². The second kappa shape index (κ2) is 10.2. The monoisotopic (exact) mass is 562 g/mol. The quantitative estimate of drug-likeness (QED) is 0.461. The standard InChI is InChI=1S/C23H30N8O.HI/c1-29(2)22(32)19-13-16-14-26-23(28-21(16)31(19)17-5-3-4-6-17)27-20-8-7-18(15-25-20)30-11-9-24-10-12-30;/h7-8,13-15,17,24H,3-6,9-12H2,1-2H3,(H,25,26,27,28);1H. The predicted molar refractivity (Wildman–Crippen MR) is 141 cm³/mol. The van der Waals surface area contributed by atoms with Crippen molar-refractivity contribution < 1.29 is 4.79 Å². The number of anilines is 3. The van der Waals surface area contributed by atoms with Gasteiger partial charge in [-0.2, -0.15) is 4.98 Å². The third-order valence-corrected chi connectivity index (χ3v) is 6.36. The van der Waals surface area contributed by atoms with Crippen molar-refractivity contribution in [2.75, 3.05) is 50.5 Å². The molecule has 3 aromatic rings. The molecule has 0 atom stereocenters. The number of halogens is 1. The number of amides is 1. The number of rotatable bonds is 5. The van der Waals surface area contributed by atoms with Crippen molar-refractivity contribution in [3.63, 3.8) is 0 Å². The van der Waals surface area contributed by atoms with E-state index < -0.39 is 0 Å². The minimum atomic E-state index is -0.00502. The molecule has 1 amide bonds. The fourth-order valence-electron chi connectivity index (χ4n) is 4.68. The summed E-state index contributed by atoms with van der Waals surface area (Å²) >= 11 is 0. The van der Waals surface area contributed by atoms with Crippen molar-refractivity contribution in [3.05, 3.63) is 36.3 Å². The van der Waals surface area contributed by atoms with Crippen LogP contribution in [0.5, 0.6) is 0 Å². The van der Waals surface area contributed by atoms with Crippen molar-refractivity contribution in [3.8, 4) is 0 Å². The van der Waals surface area contributed by atoms with Crippen LogP contribution in [0, 0.1) is 0 Å². The molecule has 5 rings (SSSR count). The Labute approximate surface area is 211 Å². The molecule has 9 nitrogen and oxygen atoms in total. The molecule has 4 heterocycles. The Kier molecular flexibility index (Phi) is 7.32. The molecule has 0 aromatic carbocycles. The molecule has 10 heteroatoms. The summed E-state index contributed by atoms with van der Waals surface area (Å²) in [5, 5.41) is 7.48. The zero-order chi connectivity index (χ0) is 22.1. The van der Waals surface area contributed by atoms with Gasteiger partial charge in [0.05, 0.1) is 11.9 Å². The lowest BCUT2D eigenvalue weighted by Gasteiger charge is -2.29. The predicted octanol–water partition coefficient (Wildman–Crippen LogP) is 3.41. The SMILES string of the molecule is CN(C)C(=O)c1cc2cnc(Nc3ccc(N4CCNCC4)cn3)nc2n1C1CCCC1.I. The summed E-state index contributed by atoms with van der Waals surface area (Å²) in [4.78, 5) is 30.6. The Bertz CT molecular complexity index is 1100. The molecule has 0 spiro atoms. The fourth-order valence-corrected chi connectivity index (χ4v) is 4.68. The third-order valence-electron chi connectivity index (χ3n) is 6.36. The molecule has 0 radical (unpaired) electrons. The first-order valence-corrected chi connectivity index (χ1v) is 11.4. The number of piperazine rings is 1. The number of hydrogen-bond acceptors (Lipinski definition) is 7. The van der Waals surface area contributed by atoms with Crippen molar-refractivity contribution in [1.82, 2.24) is 29.7 Å². The molecule has 3 aromatic heterocycles. The maximum atomic E-state index is 12.9. The highest BCUT2D eigenvalue weighted by molar-refractivity contribution is 14.0. The lowest BCUT2D eigenvalue weighted by molar-refractivity contribution is 0.0815. The lowest BCUT2D eigenvalue weighted by Crippen LogP contribution is -2.43. The number of aromatic nitrogens is 4. The second-order valence-corrected chi connectivity index (χ2v) is 8.77. The first-order chi connectivity index (χ1) is 15.6. The van der Waals surface area contributed by atoms with Gasteiger partial charge in [-0.1, -0.05) is 12.8 Å². The van der Waals surface area contributed by atoms with E-state index in [0.717, 1.165) is 55.7 Å². The average Bonchev–Trinajstić information content (AvgIpc) is 3.47. The molecule has 1 saturated heterocycles. The molecule has 1 saturated carbocycles. The highest BCUT2D eigenvalue weighted by Gasteiger charge is 2.26. The zero-order valence-corrected chi connectivity index (χ0v) is 21.5. The number of hydrogen-bond donors (Lipinski definition) is 2. The van der Waals surface area contributed by atoms with Gasteiger partial charge in [-0.05, 0) is 31.0 Å². The highest BCUT2D eigenvalue weighted by atomic mass is 127. The van der Waals surface area contributed by atoms with Crippen molar-refractivity contribution in [2.24, 2.45) is 0 Å². The third kappa shape index (κ3) is 4.91. The van der Waals surface area contributed by atoms with E-state index in [0.29, 0.717) is 23.5 Å². The maximum absolute atomic E-state index is 12.9. The number of nitrogens with one attached hydrogen (secondary N) is 2. The molecule has 0 unspecified atom stereocenters. The van der Waals surface area contributed by atoms with Gasteiger partial charge in [0.1, 0.15) is 17.2 Å². The topological polar surface area (TPSA) is 91.2 Å². The summed E-state index contributed by atoms with van der Waals surface area (Å²) in [6, 6.07) is 6.25. The van der Waals surface area contributed by atoms with Crippen LogP contribution in [0.15, 0.2) is 30.6 Å².